The lowest BCUT2D eigenvalue weighted by molar-refractivity contribution is 0.660. The van der Waals surface area contributed by atoms with Crippen molar-refractivity contribution in [1.82, 2.24) is 0 Å². The SMILES string of the molecule is CC1(C)c2ccccc2-c2ccc(-c3ccc4c(N5c6ccccc6Cc6ccccc65)c5ccccc5c(-c5ccc6c(c5)C(C)(C)c5ccccc5-6)c4c3)cc21. The molecule has 9 aromatic carbocycles. The van der Waals surface area contributed by atoms with Gasteiger partial charge in [-0.1, -0.05) is 173 Å². The largest absolute Gasteiger partial charge is 0.309 e. The van der Waals surface area contributed by atoms with Gasteiger partial charge in [0, 0.05) is 39.4 Å². The summed E-state index contributed by atoms with van der Waals surface area (Å²) < 4.78 is 0. The van der Waals surface area contributed by atoms with Gasteiger partial charge in [-0.2, -0.15) is 0 Å². The Labute approximate surface area is 340 Å². The third-order valence-electron chi connectivity index (χ3n) is 13.9. The van der Waals surface area contributed by atoms with Gasteiger partial charge >= 0.3 is 0 Å². The Morgan fingerprint density at radius 1 is 0.362 bits per heavy atom. The van der Waals surface area contributed by atoms with Gasteiger partial charge in [0.1, 0.15) is 0 Å². The van der Waals surface area contributed by atoms with Crippen molar-refractivity contribution in [3.05, 3.63) is 209 Å². The van der Waals surface area contributed by atoms with Gasteiger partial charge in [0.05, 0.1) is 5.69 Å². The van der Waals surface area contributed by atoms with Crippen LogP contribution in [-0.4, -0.2) is 0 Å². The number of benzene rings is 9. The van der Waals surface area contributed by atoms with E-state index in [2.05, 4.69) is 209 Å². The molecular weight excluding hydrogens is 699 g/mol. The molecule has 0 bridgehead atoms. The summed E-state index contributed by atoms with van der Waals surface area (Å²) in [6.07, 6.45) is 0.923. The second-order valence-electron chi connectivity index (χ2n) is 17.7. The summed E-state index contributed by atoms with van der Waals surface area (Å²) in [7, 11) is 0. The molecule has 0 radical (unpaired) electrons. The van der Waals surface area contributed by atoms with Crippen molar-refractivity contribution in [2.75, 3.05) is 4.90 Å². The number of fused-ring (bicyclic) bond motifs is 10. The molecule has 58 heavy (non-hydrogen) atoms. The molecule has 9 aromatic rings. The average molecular weight is 742 g/mol. The van der Waals surface area contributed by atoms with Gasteiger partial charge in [0.25, 0.3) is 0 Å². The molecule has 1 heteroatoms. The van der Waals surface area contributed by atoms with Crippen LogP contribution in [-0.2, 0) is 17.3 Å². The van der Waals surface area contributed by atoms with Crippen molar-refractivity contribution >= 4 is 38.6 Å². The van der Waals surface area contributed by atoms with Crippen LogP contribution in [0.1, 0.15) is 61.1 Å². The van der Waals surface area contributed by atoms with Crippen LogP contribution in [0, 0.1) is 0 Å². The first kappa shape index (κ1) is 33.4. The van der Waals surface area contributed by atoms with E-state index in [-0.39, 0.29) is 10.8 Å². The van der Waals surface area contributed by atoms with E-state index < -0.39 is 0 Å². The molecule has 0 N–H and O–H groups in total. The Bertz CT molecular complexity index is 3170. The van der Waals surface area contributed by atoms with Crippen LogP contribution in [0.5, 0.6) is 0 Å². The molecule has 0 spiro atoms. The number of hydrogen-bond donors (Lipinski definition) is 0. The van der Waals surface area contributed by atoms with E-state index in [1.54, 1.807) is 0 Å². The van der Waals surface area contributed by atoms with E-state index in [1.165, 1.54) is 116 Å². The minimum Gasteiger partial charge on any atom is -0.309 e. The number of anilines is 3. The zero-order chi connectivity index (χ0) is 38.9. The third kappa shape index (κ3) is 4.53. The molecule has 0 saturated carbocycles. The first-order chi connectivity index (χ1) is 28.3. The highest BCUT2D eigenvalue weighted by atomic mass is 15.2. The van der Waals surface area contributed by atoms with E-state index in [1.807, 2.05) is 0 Å². The van der Waals surface area contributed by atoms with Gasteiger partial charge in [-0.15, -0.1) is 0 Å². The van der Waals surface area contributed by atoms with Crippen LogP contribution in [0.3, 0.4) is 0 Å². The summed E-state index contributed by atoms with van der Waals surface area (Å²) in [5.74, 6) is 0. The maximum atomic E-state index is 2.56. The molecule has 0 fully saturated rings. The summed E-state index contributed by atoms with van der Waals surface area (Å²) in [6, 6.07) is 66.7. The average Bonchev–Trinajstić information content (AvgIpc) is 3.63. The lowest BCUT2D eigenvalue weighted by Crippen LogP contribution is -2.19. The van der Waals surface area contributed by atoms with Crippen molar-refractivity contribution in [1.29, 1.82) is 0 Å². The molecule has 1 aliphatic heterocycles. The monoisotopic (exact) mass is 741 g/mol. The van der Waals surface area contributed by atoms with Crippen LogP contribution in [0.2, 0.25) is 0 Å². The molecule has 12 rings (SSSR count). The van der Waals surface area contributed by atoms with Gasteiger partial charge in [-0.3, -0.25) is 0 Å². The maximum absolute atomic E-state index is 2.56. The van der Waals surface area contributed by atoms with Crippen molar-refractivity contribution < 1.29 is 0 Å². The lowest BCUT2D eigenvalue weighted by Gasteiger charge is -2.35. The number of para-hydroxylation sites is 2. The van der Waals surface area contributed by atoms with Gasteiger partial charge < -0.3 is 4.90 Å². The topological polar surface area (TPSA) is 3.24 Å². The molecule has 3 aliphatic rings. The van der Waals surface area contributed by atoms with E-state index in [9.17, 15) is 0 Å². The minimum atomic E-state index is -0.103. The summed E-state index contributed by atoms with van der Waals surface area (Å²) in [4.78, 5) is 2.56. The second kappa shape index (κ2) is 11.9. The predicted molar refractivity (Wildman–Crippen MR) is 245 cm³/mol. The maximum Gasteiger partial charge on any atom is 0.0619 e. The Balaban J connectivity index is 1.16. The third-order valence-corrected chi connectivity index (χ3v) is 13.9. The molecule has 2 aliphatic carbocycles. The Morgan fingerprint density at radius 3 is 1.45 bits per heavy atom. The molecule has 0 amide bonds. The zero-order valence-electron chi connectivity index (χ0n) is 33.4. The molecule has 0 saturated heterocycles. The molecular formula is C57H43N. The smallest absolute Gasteiger partial charge is 0.0619 e. The molecule has 1 heterocycles. The van der Waals surface area contributed by atoms with Gasteiger partial charge in [0.15, 0.2) is 0 Å². The van der Waals surface area contributed by atoms with Gasteiger partial charge in [-0.05, 0) is 119 Å². The highest BCUT2D eigenvalue weighted by molar-refractivity contribution is 6.23. The highest BCUT2D eigenvalue weighted by Crippen LogP contribution is 2.55. The summed E-state index contributed by atoms with van der Waals surface area (Å²) >= 11 is 0. The summed E-state index contributed by atoms with van der Waals surface area (Å²) in [5.41, 5.74) is 22.3. The fourth-order valence-electron chi connectivity index (χ4n) is 11.0. The van der Waals surface area contributed by atoms with Gasteiger partial charge in [0.2, 0.25) is 0 Å². The standard InChI is InChI=1S/C57H43N/c1-56(2)48-21-11-9-17-40(48)42-28-25-36(33-50(42)56)35-26-30-46-47(32-35)54(39-27-29-43-41-18-10-12-22-49(41)57(3,4)51(43)34-39)44-19-7-8-20-45(44)55(46)58-52-23-13-5-15-37(52)31-38-16-6-14-24-53(38)58/h5-30,32-34H,31H2,1-4H3. The van der Waals surface area contributed by atoms with E-state index in [4.69, 9.17) is 0 Å². The molecule has 0 aromatic heterocycles. The Kier molecular flexibility index (Phi) is 6.87. The van der Waals surface area contributed by atoms with Crippen molar-refractivity contribution in [2.45, 2.75) is 44.9 Å². The number of rotatable bonds is 3. The molecule has 1 nitrogen and oxygen atoms in total. The number of nitrogens with zero attached hydrogens (tertiary/aromatic N) is 1. The predicted octanol–water partition coefficient (Wildman–Crippen LogP) is 15.3. The summed E-state index contributed by atoms with van der Waals surface area (Å²) in [6.45, 7) is 9.52. The molecule has 276 valence electrons. The van der Waals surface area contributed by atoms with Crippen molar-refractivity contribution in [3.8, 4) is 44.5 Å². The van der Waals surface area contributed by atoms with Crippen molar-refractivity contribution in [3.63, 3.8) is 0 Å². The molecule has 0 unspecified atom stereocenters. The number of hydrogen-bond acceptors (Lipinski definition) is 1. The Hall–Kier alpha value is -6.70. The van der Waals surface area contributed by atoms with Crippen LogP contribution >= 0.6 is 0 Å². The van der Waals surface area contributed by atoms with Crippen LogP contribution in [0.25, 0.3) is 66.1 Å². The zero-order valence-corrected chi connectivity index (χ0v) is 33.4. The molecule has 0 atom stereocenters. The minimum absolute atomic E-state index is 0.0723. The first-order valence-corrected chi connectivity index (χ1v) is 20.7. The van der Waals surface area contributed by atoms with Crippen LogP contribution in [0.15, 0.2) is 176 Å². The fourth-order valence-corrected chi connectivity index (χ4v) is 11.0. The fraction of sp³-hybridized carbons (Fsp3) is 0.123. The van der Waals surface area contributed by atoms with Gasteiger partial charge in [-0.25, -0.2) is 0 Å². The quantitative estimate of drug-likeness (QED) is 0.163. The Morgan fingerprint density at radius 2 is 0.810 bits per heavy atom. The highest BCUT2D eigenvalue weighted by Gasteiger charge is 2.37. The lowest BCUT2D eigenvalue weighted by atomic mass is 9.80. The second-order valence-corrected chi connectivity index (χ2v) is 17.7. The van der Waals surface area contributed by atoms with E-state index >= 15 is 0 Å². The summed E-state index contributed by atoms with van der Waals surface area (Å²) in [5, 5.41) is 5.04. The normalized spacial score (nSPS) is 15.1. The van der Waals surface area contributed by atoms with E-state index in [0.717, 1.165) is 6.42 Å². The first-order valence-electron chi connectivity index (χ1n) is 20.7. The van der Waals surface area contributed by atoms with Crippen LogP contribution in [0.4, 0.5) is 17.1 Å². The van der Waals surface area contributed by atoms with E-state index in [0.29, 0.717) is 0 Å². The van der Waals surface area contributed by atoms with Crippen molar-refractivity contribution in [2.24, 2.45) is 0 Å². The van der Waals surface area contributed by atoms with Crippen LogP contribution < -0.4 is 4.90 Å².